The molecule has 0 aliphatic heterocycles. The van der Waals surface area contributed by atoms with E-state index in [1.54, 1.807) is 13.2 Å². The molecule has 6 heteroatoms. The van der Waals surface area contributed by atoms with Crippen LogP contribution < -0.4 is 5.73 Å². The predicted octanol–water partition coefficient (Wildman–Crippen LogP) is 3.29. The maximum absolute atomic E-state index is 6.12. The Balaban J connectivity index is 2.56. The summed E-state index contributed by atoms with van der Waals surface area (Å²) in [6.07, 6.45) is 0. The van der Waals surface area contributed by atoms with E-state index >= 15 is 0 Å². The lowest BCUT2D eigenvalue weighted by Crippen LogP contribution is -2.04. The Morgan fingerprint density at radius 1 is 1.33 bits per heavy atom. The lowest BCUT2D eigenvalue weighted by atomic mass is 10.2. The van der Waals surface area contributed by atoms with Crippen LogP contribution in [0.4, 0.5) is 5.82 Å². The average Bonchev–Trinajstić information content (AvgIpc) is 2.35. The molecule has 2 rings (SSSR count). The first-order valence-electron chi connectivity index (χ1n) is 5.19. The van der Waals surface area contributed by atoms with Crippen LogP contribution in [-0.4, -0.2) is 17.1 Å². The van der Waals surface area contributed by atoms with Crippen molar-refractivity contribution in [1.29, 1.82) is 0 Å². The fraction of sp³-hybridized carbons (Fsp3) is 0.167. The summed E-state index contributed by atoms with van der Waals surface area (Å²) in [6.45, 7) is 0.352. The van der Waals surface area contributed by atoms with E-state index < -0.39 is 0 Å². The summed E-state index contributed by atoms with van der Waals surface area (Å²) in [4.78, 5) is 8.63. The number of hydrogen-bond acceptors (Lipinski definition) is 4. The van der Waals surface area contributed by atoms with Crippen molar-refractivity contribution in [3.05, 3.63) is 39.5 Å². The number of nitrogens with two attached hydrogens (primary N) is 1. The van der Waals surface area contributed by atoms with Crippen LogP contribution in [0.25, 0.3) is 11.4 Å². The van der Waals surface area contributed by atoms with Gasteiger partial charge in [0.2, 0.25) is 0 Å². The number of ether oxygens (including phenoxy) is 1. The van der Waals surface area contributed by atoms with Gasteiger partial charge >= 0.3 is 0 Å². The highest BCUT2D eigenvalue weighted by atomic mass is 79.9. The molecule has 0 bridgehead atoms. The van der Waals surface area contributed by atoms with Gasteiger partial charge in [-0.15, -0.1) is 0 Å². The monoisotopic (exact) mass is 327 g/mol. The highest BCUT2D eigenvalue weighted by Crippen LogP contribution is 2.29. The molecule has 1 aromatic heterocycles. The molecule has 0 aliphatic carbocycles. The molecule has 0 radical (unpaired) electrons. The van der Waals surface area contributed by atoms with Crippen molar-refractivity contribution in [2.24, 2.45) is 0 Å². The molecule has 0 saturated heterocycles. The third kappa shape index (κ3) is 2.63. The summed E-state index contributed by atoms with van der Waals surface area (Å²) in [5.41, 5.74) is 7.28. The number of anilines is 1. The molecule has 0 unspecified atom stereocenters. The molecule has 2 N–H and O–H groups in total. The molecule has 0 atom stereocenters. The van der Waals surface area contributed by atoms with Crippen molar-refractivity contribution in [2.75, 3.05) is 12.8 Å². The molecule has 1 heterocycles. The van der Waals surface area contributed by atoms with Crippen LogP contribution in [0.3, 0.4) is 0 Å². The van der Waals surface area contributed by atoms with Crippen LogP contribution in [0.5, 0.6) is 0 Å². The van der Waals surface area contributed by atoms with E-state index in [9.17, 15) is 0 Å². The minimum Gasteiger partial charge on any atom is -0.383 e. The normalized spacial score (nSPS) is 10.6. The number of hydrogen-bond donors (Lipinski definition) is 1. The number of rotatable bonds is 3. The first kappa shape index (κ1) is 13.3. The number of benzene rings is 1. The molecule has 94 valence electrons. The van der Waals surface area contributed by atoms with Gasteiger partial charge < -0.3 is 10.5 Å². The smallest absolute Gasteiger partial charge is 0.163 e. The summed E-state index contributed by atoms with van der Waals surface area (Å²) >= 11 is 9.46. The summed E-state index contributed by atoms with van der Waals surface area (Å²) in [5, 5.41) is 0.586. The van der Waals surface area contributed by atoms with Crippen LogP contribution in [0.2, 0.25) is 5.02 Å². The molecule has 0 saturated carbocycles. The maximum atomic E-state index is 6.12. The minimum atomic E-state index is 0.352. The standard InChI is InChI=1S/C12H11BrClN3O/c1-18-6-9-10(13)11(15)17-12(16-9)7-4-2-3-5-8(7)14/h2-5H,6H2,1H3,(H2,15,16,17). The molecular formula is C12H11BrClN3O. The molecule has 4 nitrogen and oxygen atoms in total. The summed E-state index contributed by atoms with van der Waals surface area (Å²) in [7, 11) is 1.60. The first-order valence-corrected chi connectivity index (χ1v) is 6.36. The Morgan fingerprint density at radius 3 is 2.72 bits per heavy atom. The Bertz CT molecular complexity index is 577. The second-order valence-corrected chi connectivity index (χ2v) is 4.81. The molecule has 0 spiro atoms. The molecule has 2 aromatic rings. The molecule has 0 amide bonds. The zero-order chi connectivity index (χ0) is 13.1. The lowest BCUT2D eigenvalue weighted by molar-refractivity contribution is 0.181. The minimum absolute atomic E-state index is 0.352. The van der Waals surface area contributed by atoms with E-state index in [-0.39, 0.29) is 0 Å². The summed E-state index contributed by atoms with van der Waals surface area (Å²) in [6, 6.07) is 7.36. The van der Waals surface area contributed by atoms with E-state index in [0.717, 1.165) is 5.56 Å². The van der Waals surface area contributed by atoms with Crippen LogP contribution >= 0.6 is 27.5 Å². The van der Waals surface area contributed by atoms with E-state index in [2.05, 4.69) is 25.9 Å². The number of nitrogens with zero attached hydrogens (tertiary/aromatic N) is 2. The summed E-state index contributed by atoms with van der Waals surface area (Å²) in [5.74, 6) is 0.861. The van der Waals surface area contributed by atoms with Gasteiger partial charge in [-0.3, -0.25) is 0 Å². The second-order valence-electron chi connectivity index (χ2n) is 3.61. The maximum Gasteiger partial charge on any atom is 0.163 e. The molecule has 0 aliphatic rings. The van der Waals surface area contributed by atoms with E-state index in [1.807, 2.05) is 18.2 Å². The van der Waals surface area contributed by atoms with Gasteiger partial charge in [-0.1, -0.05) is 23.7 Å². The van der Waals surface area contributed by atoms with E-state index in [4.69, 9.17) is 22.1 Å². The zero-order valence-electron chi connectivity index (χ0n) is 9.65. The van der Waals surface area contributed by atoms with E-state index in [1.165, 1.54) is 0 Å². The number of aromatic nitrogens is 2. The molecule has 0 fully saturated rings. The highest BCUT2D eigenvalue weighted by molar-refractivity contribution is 9.10. The van der Waals surface area contributed by atoms with Gasteiger partial charge in [0.15, 0.2) is 5.82 Å². The van der Waals surface area contributed by atoms with Crippen LogP contribution in [0, 0.1) is 0 Å². The van der Waals surface area contributed by atoms with Crippen LogP contribution in [-0.2, 0) is 11.3 Å². The molecular weight excluding hydrogens is 318 g/mol. The van der Waals surface area contributed by atoms with Crippen molar-refractivity contribution in [3.8, 4) is 11.4 Å². The molecule has 1 aromatic carbocycles. The van der Waals surface area contributed by atoms with Crippen LogP contribution in [0.15, 0.2) is 28.7 Å². The third-order valence-electron chi connectivity index (χ3n) is 2.34. The second kappa shape index (κ2) is 5.65. The average molecular weight is 329 g/mol. The van der Waals surface area contributed by atoms with Gasteiger partial charge in [0.05, 0.1) is 21.8 Å². The van der Waals surface area contributed by atoms with Gasteiger partial charge in [-0.05, 0) is 28.1 Å². The topological polar surface area (TPSA) is 61.0 Å². The van der Waals surface area contributed by atoms with Crippen molar-refractivity contribution in [2.45, 2.75) is 6.61 Å². The number of halogens is 2. The van der Waals surface area contributed by atoms with Crippen molar-refractivity contribution >= 4 is 33.3 Å². The largest absolute Gasteiger partial charge is 0.383 e. The fourth-order valence-electron chi connectivity index (χ4n) is 1.51. The number of methoxy groups -OCH3 is 1. The summed E-state index contributed by atoms with van der Waals surface area (Å²) < 4.78 is 5.73. The van der Waals surface area contributed by atoms with Crippen molar-refractivity contribution in [3.63, 3.8) is 0 Å². The van der Waals surface area contributed by atoms with Crippen molar-refractivity contribution in [1.82, 2.24) is 9.97 Å². The van der Waals surface area contributed by atoms with Gasteiger partial charge in [-0.2, -0.15) is 0 Å². The SMILES string of the molecule is COCc1nc(-c2ccccc2Cl)nc(N)c1Br. The quantitative estimate of drug-likeness (QED) is 0.939. The third-order valence-corrected chi connectivity index (χ3v) is 3.53. The fourth-order valence-corrected chi connectivity index (χ4v) is 2.02. The Morgan fingerprint density at radius 2 is 2.06 bits per heavy atom. The number of nitrogen functional groups attached to an aromatic ring is 1. The Labute approximate surface area is 118 Å². The highest BCUT2D eigenvalue weighted by Gasteiger charge is 2.13. The van der Waals surface area contributed by atoms with Crippen molar-refractivity contribution < 1.29 is 4.74 Å². The predicted molar refractivity (Wildman–Crippen MR) is 75.3 cm³/mol. The lowest BCUT2D eigenvalue weighted by Gasteiger charge is -2.09. The zero-order valence-corrected chi connectivity index (χ0v) is 12.0. The van der Waals surface area contributed by atoms with E-state index in [0.29, 0.717) is 33.4 Å². The first-order chi connectivity index (χ1) is 8.63. The Kier molecular flexibility index (Phi) is 4.16. The van der Waals surface area contributed by atoms with Gasteiger partial charge in [0.1, 0.15) is 5.82 Å². The van der Waals surface area contributed by atoms with Gasteiger partial charge in [-0.25, -0.2) is 9.97 Å². The van der Waals surface area contributed by atoms with Gasteiger partial charge in [0, 0.05) is 12.7 Å². The molecule has 18 heavy (non-hydrogen) atoms. The Hall–Kier alpha value is -1.17. The van der Waals surface area contributed by atoms with Crippen LogP contribution in [0.1, 0.15) is 5.69 Å². The van der Waals surface area contributed by atoms with Gasteiger partial charge in [0.25, 0.3) is 0 Å².